The van der Waals surface area contributed by atoms with E-state index in [0.29, 0.717) is 6.42 Å². The van der Waals surface area contributed by atoms with Crippen molar-refractivity contribution in [1.29, 1.82) is 5.26 Å². The molecule has 0 aliphatic rings. The van der Waals surface area contributed by atoms with Gasteiger partial charge in [-0.3, -0.25) is 4.57 Å². The smallest absolute Gasteiger partial charge is 0.208 e. The van der Waals surface area contributed by atoms with Crippen molar-refractivity contribution in [3.8, 4) is 6.07 Å². The fourth-order valence-electron chi connectivity index (χ4n) is 1.02. The highest BCUT2D eigenvalue weighted by Gasteiger charge is 2.21. The summed E-state index contributed by atoms with van der Waals surface area (Å²) in [6.07, 6.45) is 2.63. The Hall–Kier alpha value is -0.320. The van der Waals surface area contributed by atoms with Gasteiger partial charge < -0.3 is 4.52 Å². The zero-order valence-corrected chi connectivity index (χ0v) is 10.5. The molecular weight excluding hydrogens is 197 g/mol. The number of nitriles is 1. The van der Waals surface area contributed by atoms with Crippen LogP contribution in [0.25, 0.3) is 0 Å². The van der Waals surface area contributed by atoms with Crippen LogP contribution in [-0.2, 0) is 9.09 Å². The summed E-state index contributed by atoms with van der Waals surface area (Å²) < 4.78 is 16.9. The van der Waals surface area contributed by atoms with Crippen LogP contribution in [0.15, 0.2) is 0 Å². The lowest BCUT2D eigenvalue weighted by molar-refractivity contribution is 0.141. The van der Waals surface area contributed by atoms with E-state index in [1.165, 1.54) is 0 Å². The first-order valence-corrected chi connectivity index (χ1v) is 6.42. The van der Waals surface area contributed by atoms with Crippen molar-refractivity contribution in [2.24, 2.45) is 0 Å². The second kappa shape index (κ2) is 6.22. The molecule has 0 aliphatic carbocycles. The van der Waals surface area contributed by atoms with E-state index in [2.05, 4.69) is 13.0 Å². The zero-order chi connectivity index (χ0) is 11.2. The van der Waals surface area contributed by atoms with Crippen LogP contribution in [0.4, 0.5) is 0 Å². The minimum Gasteiger partial charge on any atom is -0.324 e. The summed E-state index contributed by atoms with van der Waals surface area (Å²) in [5, 5.41) is 8.82. The Morgan fingerprint density at radius 1 is 1.50 bits per heavy atom. The normalized spacial score (nSPS) is 15.9. The highest BCUT2D eigenvalue weighted by molar-refractivity contribution is 7.40. The Balaban J connectivity index is 4.13. The first-order chi connectivity index (χ1) is 6.40. The third-order valence-corrected chi connectivity index (χ3v) is 3.49. The quantitative estimate of drug-likeness (QED) is 0.663. The average Bonchev–Trinajstić information content (AvgIpc) is 2.02. The predicted molar refractivity (Wildman–Crippen MR) is 58.8 cm³/mol. The summed E-state index contributed by atoms with van der Waals surface area (Å²) in [4.78, 5) is 0. The minimum atomic E-state index is -2.22. The Morgan fingerprint density at radius 2 is 2.07 bits per heavy atom. The van der Waals surface area contributed by atoms with E-state index in [-0.39, 0.29) is 0 Å². The van der Waals surface area contributed by atoms with Gasteiger partial charge in [0, 0.05) is 0 Å². The number of nitrogens with zero attached hydrogens (tertiary/aromatic N) is 1. The Bertz CT molecular complexity index is 227. The van der Waals surface area contributed by atoms with E-state index < -0.39 is 19.3 Å². The maximum absolute atomic E-state index is 11.6. The zero-order valence-electron chi connectivity index (χ0n) is 9.46. The molecule has 3 nitrogen and oxygen atoms in total. The van der Waals surface area contributed by atoms with E-state index in [1.807, 2.05) is 20.8 Å². The molecule has 0 spiro atoms. The second-order valence-corrected chi connectivity index (χ2v) is 5.90. The maximum Gasteiger partial charge on any atom is 0.208 e. The van der Waals surface area contributed by atoms with Gasteiger partial charge in [0.05, 0.1) is 11.7 Å². The molecule has 0 radical (unpaired) electrons. The van der Waals surface area contributed by atoms with Crippen molar-refractivity contribution in [2.45, 2.75) is 58.2 Å². The highest BCUT2D eigenvalue weighted by Crippen LogP contribution is 2.37. The Morgan fingerprint density at radius 3 is 2.43 bits per heavy atom. The predicted octanol–water partition coefficient (Wildman–Crippen LogP) is 3.36. The van der Waals surface area contributed by atoms with E-state index in [9.17, 15) is 4.57 Å². The monoisotopic (exact) mass is 217 g/mol. The van der Waals surface area contributed by atoms with E-state index >= 15 is 0 Å². The molecule has 0 fully saturated rings. The third-order valence-electron chi connectivity index (χ3n) is 1.69. The molecule has 0 saturated carbocycles. The van der Waals surface area contributed by atoms with Crippen molar-refractivity contribution in [1.82, 2.24) is 0 Å². The Labute approximate surface area is 87.3 Å². The van der Waals surface area contributed by atoms with Crippen LogP contribution >= 0.6 is 8.03 Å². The van der Waals surface area contributed by atoms with Gasteiger partial charge in [0.25, 0.3) is 0 Å². The van der Waals surface area contributed by atoms with Gasteiger partial charge in [0.15, 0.2) is 0 Å². The summed E-state index contributed by atoms with van der Waals surface area (Å²) >= 11 is 0. The van der Waals surface area contributed by atoms with E-state index in [1.54, 1.807) is 0 Å². The maximum atomic E-state index is 11.6. The first-order valence-electron chi connectivity index (χ1n) is 5.03. The van der Waals surface area contributed by atoms with Crippen LogP contribution in [0.3, 0.4) is 0 Å². The van der Waals surface area contributed by atoms with E-state index in [0.717, 1.165) is 12.8 Å². The van der Waals surface area contributed by atoms with Gasteiger partial charge in [0.2, 0.25) is 8.03 Å². The molecule has 2 atom stereocenters. The van der Waals surface area contributed by atoms with Gasteiger partial charge in [-0.15, -0.1) is 0 Å². The van der Waals surface area contributed by atoms with Gasteiger partial charge in [-0.25, -0.2) is 0 Å². The van der Waals surface area contributed by atoms with Crippen LogP contribution in [0.5, 0.6) is 0 Å². The fourth-order valence-corrected chi connectivity index (χ4v) is 2.31. The SMILES string of the molecule is CCCCC(C#N)[PH](=O)OC(C)(C)C. The number of hydrogen-bond donors (Lipinski definition) is 0. The van der Waals surface area contributed by atoms with Crippen molar-refractivity contribution in [3.05, 3.63) is 0 Å². The number of rotatable bonds is 5. The lowest BCUT2D eigenvalue weighted by Gasteiger charge is -2.20. The molecule has 0 amide bonds. The standard InChI is InChI=1S/C10H20NO2P/c1-5-6-7-9(8-11)14(12)13-10(2,3)4/h9,14H,5-7H2,1-4H3. The van der Waals surface area contributed by atoms with Gasteiger partial charge in [-0.2, -0.15) is 5.26 Å². The first kappa shape index (κ1) is 13.7. The van der Waals surface area contributed by atoms with Crippen LogP contribution < -0.4 is 0 Å². The molecule has 0 saturated heterocycles. The second-order valence-electron chi connectivity index (χ2n) is 4.36. The van der Waals surface area contributed by atoms with Crippen LogP contribution in [0.2, 0.25) is 0 Å². The van der Waals surface area contributed by atoms with Gasteiger partial charge >= 0.3 is 0 Å². The molecule has 0 aliphatic heterocycles. The summed E-state index contributed by atoms with van der Waals surface area (Å²) in [7, 11) is -2.22. The molecule has 2 unspecified atom stereocenters. The molecule has 0 N–H and O–H groups in total. The topological polar surface area (TPSA) is 50.1 Å². The lowest BCUT2D eigenvalue weighted by atomic mass is 10.2. The van der Waals surface area contributed by atoms with Crippen molar-refractivity contribution >= 4 is 8.03 Å². The molecule has 0 aromatic rings. The fraction of sp³-hybridized carbons (Fsp3) is 0.900. The highest BCUT2D eigenvalue weighted by atomic mass is 31.1. The minimum absolute atomic E-state index is 0.417. The van der Waals surface area contributed by atoms with Crippen LogP contribution in [0, 0.1) is 11.3 Å². The molecule has 0 rings (SSSR count). The summed E-state index contributed by atoms with van der Waals surface area (Å²) in [5.41, 5.74) is -0.837. The van der Waals surface area contributed by atoms with Crippen molar-refractivity contribution in [2.75, 3.05) is 0 Å². The molecule has 0 heterocycles. The molecule has 0 bridgehead atoms. The molecule has 0 aromatic heterocycles. The van der Waals surface area contributed by atoms with Crippen LogP contribution in [-0.4, -0.2) is 11.3 Å². The van der Waals surface area contributed by atoms with Crippen molar-refractivity contribution < 1.29 is 9.09 Å². The summed E-state index contributed by atoms with van der Waals surface area (Å²) in [6, 6.07) is 2.07. The number of unbranched alkanes of at least 4 members (excludes halogenated alkanes) is 1. The molecular formula is C10H20NO2P. The van der Waals surface area contributed by atoms with Gasteiger partial charge in [0.1, 0.15) is 5.66 Å². The molecule has 14 heavy (non-hydrogen) atoms. The van der Waals surface area contributed by atoms with Gasteiger partial charge in [-0.1, -0.05) is 19.8 Å². The molecule has 4 heteroatoms. The molecule has 0 aromatic carbocycles. The van der Waals surface area contributed by atoms with E-state index in [4.69, 9.17) is 9.79 Å². The third kappa shape index (κ3) is 6.18. The summed E-state index contributed by atoms with van der Waals surface area (Å²) in [5.74, 6) is 0. The molecule has 82 valence electrons. The Kier molecular flexibility index (Phi) is 6.08. The number of hydrogen-bond acceptors (Lipinski definition) is 3. The average molecular weight is 217 g/mol. The van der Waals surface area contributed by atoms with Crippen molar-refractivity contribution in [3.63, 3.8) is 0 Å². The van der Waals surface area contributed by atoms with Crippen LogP contribution in [0.1, 0.15) is 47.0 Å². The largest absolute Gasteiger partial charge is 0.324 e. The summed E-state index contributed by atoms with van der Waals surface area (Å²) in [6.45, 7) is 7.60. The van der Waals surface area contributed by atoms with Gasteiger partial charge in [-0.05, 0) is 27.2 Å². The lowest BCUT2D eigenvalue weighted by Crippen LogP contribution is -2.17.